The molecular formula is C18H30O3. The lowest BCUT2D eigenvalue weighted by Crippen LogP contribution is -1.87. The molecule has 0 rings (SSSR count). The molecule has 0 unspecified atom stereocenters. The summed E-state index contributed by atoms with van der Waals surface area (Å²) < 4.78 is 0. The summed E-state index contributed by atoms with van der Waals surface area (Å²) in [5.41, 5.74) is 3.06. The van der Waals surface area contributed by atoms with E-state index < -0.39 is 0 Å². The van der Waals surface area contributed by atoms with Crippen LogP contribution in [0.3, 0.4) is 0 Å². The number of hydrogen-bond donors (Lipinski definition) is 0. The molecule has 0 aromatic heterocycles. The van der Waals surface area contributed by atoms with Gasteiger partial charge >= 0.3 is 0 Å². The lowest BCUT2D eigenvalue weighted by atomic mass is 10.2. The molecular weight excluding hydrogens is 264 g/mol. The van der Waals surface area contributed by atoms with Gasteiger partial charge in [-0.15, -0.1) is 0 Å². The van der Waals surface area contributed by atoms with Gasteiger partial charge in [0.05, 0.1) is 0 Å². The first-order valence-electron chi connectivity index (χ1n) is 6.83. The van der Waals surface area contributed by atoms with E-state index in [9.17, 15) is 14.4 Å². The van der Waals surface area contributed by atoms with Crippen molar-refractivity contribution in [3.05, 3.63) is 35.5 Å². The molecule has 120 valence electrons. The van der Waals surface area contributed by atoms with Crippen LogP contribution in [0, 0.1) is 0 Å². The fraction of sp³-hybridized carbons (Fsp3) is 0.500. The molecule has 0 aliphatic heterocycles. The normalized spacial score (nSPS) is 8.00. The number of hydrogen-bond acceptors (Lipinski definition) is 3. The first kappa shape index (κ1) is 24.3. The Labute approximate surface area is 129 Å². The summed E-state index contributed by atoms with van der Waals surface area (Å²) in [5.74, 6) is 0.438. The van der Waals surface area contributed by atoms with E-state index in [1.165, 1.54) is 0 Å². The van der Waals surface area contributed by atoms with Gasteiger partial charge in [-0.05, 0) is 67.5 Å². The predicted octanol–water partition coefficient (Wildman–Crippen LogP) is 4.62. The molecule has 0 heterocycles. The van der Waals surface area contributed by atoms with Crippen LogP contribution in [0.25, 0.3) is 0 Å². The van der Waals surface area contributed by atoms with Gasteiger partial charge in [0.1, 0.15) is 5.78 Å². The second kappa shape index (κ2) is 14.6. The van der Waals surface area contributed by atoms with Gasteiger partial charge in [0, 0.05) is 6.42 Å². The quantitative estimate of drug-likeness (QED) is 0.561. The SMILES string of the molecule is C=C(C)CC(C)=O.CC(=O)C=C(C)C.CC(=O)C=C(C)C. The van der Waals surface area contributed by atoms with Crippen molar-refractivity contribution in [3.63, 3.8) is 0 Å². The molecule has 0 fully saturated rings. The van der Waals surface area contributed by atoms with Gasteiger partial charge < -0.3 is 0 Å². The van der Waals surface area contributed by atoms with Crippen LogP contribution in [0.5, 0.6) is 0 Å². The fourth-order valence-corrected chi connectivity index (χ4v) is 1.24. The van der Waals surface area contributed by atoms with Crippen molar-refractivity contribution < 1.29 is 14.4 Å². The molecule has 0 N–H and O–H groups in total. The first-order valence-corrected chi connectivity index (χ1v) is 6.83. The third kappa shape index (κ3) is 45.9. The minimum atomic E-state index is 0.125. The number of carbonyl (C=O) groups excluding carboxylic acids is 3. The molecule has 0 atom stereocenters. The van der Waals surface area contributed by atoms with Crippen molar-refractivity contribution in [2.75, 3.05) is 0 Å². The number of allylic oxidation sites excluding steroid dienone is 5. The predicted molar refractivity (Wildman–Crippen MR) is 90.3 cm³/mol. The van der Waals surface area contributed by atoms with Crippen molar-refractivity contribution in [1.82, 2.24) is 0 Å². The molecule has 0 aromatic carbocycles. The van der Waals surface area contributed by atoms with Crippen LogP contribution in [0.15, 0.2) is 35.5 Å². The summed E-state index contributed by atoms with van der Waals surface area (Å²) in [6.45, 7) is 17.7. The second-order valence-electron chi connectivity index (χ2n) is 5.50. The highest BCUT2D eigenvalue weighted by atomic mass is 16.1. The number of rotatable bonds is 4. The van der Waals surface area contributed by atoms with Crippen LogP contribution < -0.4 is 0 Å². The standard InChI is InChI=1S/3C6H10O/c3*1-5(2)4-6(3)7/h2*4H,1-3H3;1,4H2,2-3H3. The maximum absolute atomic E-state index is 10.2. The van der Waals surface area contributed by atoms with Crippen LogP contribution in [-0.4, -0.2) is 17.3 Å². The first-order chi connectivity index (χ1) is 9.38. The maximum atomic E-state index is 10.2. The van der Waals surface area contributed by atoms with Crippen molar-refractivity contribution in [1.29, 1.82) is 0 Å². The minimum Gasteiger partial charge on any atom is -0.300 e. The Morgan fingerprint density at radius 2 is 1.00 bits per heavy atom. The van der Waals surface area contributed by atoms with Crippen molar-refractivity contribution in [2.45, 2.75) is 61.8 Å². The van der Waals surface area contributed by atoms with Crippen LogP contribution in [0.2, 0.25) is 0 Å². The summed E-state index contributed by atoms with van der Waals surface area (Å²) in [7, 11) is 0. The van der Waals surface area contributed by atoms with E-state index >= 15 is 0 Å². The van der Waals surface area contributed by atoms with Gasteiger partial charge in [-0.25, -0.2) is 0 Å². The van der Waals surface area contributed by atoms with Crippen LogP contribution in [-0.2, 0) is 14.4 Å². The molecule has 0 aliphatic rings. The van der Waals surface area contributed by atoms with E-state index in [0.717, 1.165) is 16.7 Å². The maximum Gasteiger partial charge on any atom is 0.152 e. The molecule has 0 saturated heterocycles. The molecule has 0 amide bonds. The van der Waals surface area contributed by atoms with E-state index in [1.807, 2.05) is 34.6 Å². The zero-order chi connectivity index (χ0) is 17.6. The molecule has 3 nitrogen and oxygen atoms in total. The molecule has 0 spiro atoms. The number of carbonyl (C=O) groups is 3. The minimum absolute atomic E-state index is 0.125. The fourth-order valence-electron chi connectivity index (χ4n) is 1.24. The van der Waals surface area contributed by atoms with Crippen molar-refractivity contribution in [2.24, 2.45) is 0 Å². The molecule has 0 aliphatic carbocycles. The zero-order valence-electron chi connectivity index (χ0n) is 14.8. The van der Waals surface area contributed by atoms with Gasteiger partial charge in [0.25, 0.3) is 0 Å². The lowest BCUT2D eigenvalue weighted by Gasteiger charge is -1.87. The Morgan fingerprint density at radius 3 is 1.00 bits per heavy atom. The van der Waals surface area contributed by atoms with E-state index in [1.54, 1.807) is 32.9 Å². The topological polar surface area (TPSA) is 51.2 Å². The van der Waals surface area contributed by atoms with Crippen LogP contribution in [0.4, 0.5) is 0 Å². The molecule has 0 aromatic rings. The van der Waals surface area contributed by atoms with E-state index in [2.05, 4.69) is 6.58 Å². The summed E-state index contributed by atoms with van der Waals surface area (Å²) >= 11 is 0. The highest BCUT2D eigenvalue weighted by Crippen LogP contribution is 1.93. The summed E-state index contributed by atoms with van der Waals surface area (Å²) in [4.78, 5) is 30.5. The number of ketones is 3. The Balaban J connectivity index is -0.000000231. The third-order valence-corrected chi connectivity index (χ3v) is 1.53. The van der Waals surface area contributed by atoms with Crippen molar-refractivity contribution >= 4 is 17.3 Å². The van der Waals surface area contributed by atoms with Gasteiger partial charge in [-0.2, -0.15) is 0 Å². The van der Waals surface area contributed by atoms with Gasteiger partial charge in [0.2, 0.25) is 0 Å². The average Bonchev–Trinajstić information content (AvgIpc) is 2.10. The Hall–Kier alpha value is -1.77. The Kier molecular flexibility index (Phi) is 16.9. The summed E-state index contributed by atoms with van der Waals surface area (Å²) in [5, 5.41) is 0. The van der Waals surface area contributed by atoms with Crippen LogP contribution >= 0.6 is 0 Å². The average molecular weight is 294 g/mol. The van der Waals surface area contributed by atoms with E-state index in [4.69, 9.17) is 0 Å². The lowest BCUT2D eigenvalue weighted by molar-refractivity contribution is -0.116. The Bertz CT molecular complexity index is 376. The smallest absolute Gasteiger partial charge is 0.152 e. The molecule has 0 bridgehead atoms. The van der Waals surface area contributed by atoms with Gasteiger partial charge in [-0.1, -0.05) is 23.3 Å². The van der Waals surface area contributed by atoms with E-state index in [0.29, 0.717) is 6.42 Å². The van der Waals surface area contributed by atoms with Gasteiger partial charge in [0.15, 0.2) is 11.6 Å². The van der Waals surface area contributed by atoms with Crippen LogP contribution in [0.1, 0.15) is 61.8 Å². The van der Waals surface area contributed by atoms with Gasteiger partial charge in [-0.3, -0.25) is 14.4 Å². The highest BCUT2D eigenvalue weighted by Gasteiger charge is 1.89. The second-order valence-corrected chi connectivity index (χ2v) is 5.50. The largest absolute Gasteiger partial charge is 0.300 e. The molecule has 0 saturated carbocycles. The Morgan fingerprint density at radius 1 is 0.714 bits per heavy atom. The third-order valence-electron chi connectivity index (χ3n) is 1.53. The summed E-state index contributed by atoms with van der Waals surface area (Å²) in [6, 6.07) is 0. The highest BCUT2D eigenvalue weighted by molar-refractivity contribution is 5.88. The van der Waals surface area contributed by atoms with Crippen molar-refractivity contribution in [3.8, 4) is 0 Å². The van der Waals surface area contributed by atoms with E-state index in [-0.39, 0.29) is 17.3 Å². The zero-order valence-corrected chi connectivity index (χ0v) is 14.8. The molecule has 0 radical (unpaired) electrons. The number of Topliss-reactive ketones (excluding diaryl/α,β-unsaturated/α-hetero) is 1. The molecule has 21 heavy (non-hydrogen) atoms. The monoisotopic (exact) mass is 294 g/mol. The molecule has 3 heteroatoms. The summed E-state index contributed by atoms with van der Waals surface area (Å²) in [6.07, 6.45) is 3.75.